The molecule has 0 aliphatic carbocycles. The lowest BCUT2D eigenvalue weighted by atomic mass is 10.1. The van der Waals surface area contributed by atoms with Gasteiger partial charge in [-0.25, -0.2) is 4.98 Å². The van der Waals surface area contributed by atoms with Gasteiger partial charge in [0.15, 0.2) is 11.5 Å². The standard InChI is InChI=1S/C24H28N4O5/c1-4-10-25-23(30)16-7-5-8-17(12-16)27-22(29)9-6-11-28-15-26-19-14-21(33-3)20(32-2)13-18(19)24(28)31/h5,7-8,12-15H,4,6,9-11H2,1-3H3,(H,25,30)(H,27,29). The Morgan fingerprint density at radius 1 is 1.09 bits per heavy atom. The largest absolute Gasteiger partial charge is 0.493 e. The lowest BCUT2D eigenvalue weighted by Gasteiger charge is -2.11. The van der Waals surface area contributed by atoms with E-state index in [1.165, 1.54) is 25.1 Å². The molecule has 0 saturated carbocycles. The van der Waals surface area contributed by atoms with Crippen molar-refractivity contribution in [3.8, 4) is 11.5 Å². The highest BCUT2D eigenvalue weighted by Crippen LogP contribution is 2.29. The van der Waals surface area contributed by atoms with Crippen LogP contribution in [0.1, 0.15) is 36.5 Å². The van der Waals surface area contributed by atoms with Crippen molar-refractivity contribution in [3.63, 3.8) is 0 Å². The maximum atomic E-state index is 12.8. The molecule has 0 aliphatic heterocycles. The number of carbonyl (C=O) groups excluding carboxylic acids is 2. The van der Waals surface area contributed by atoms with E-state index in [4.69, 9.17) is 9.47 Å². The summed E-state index contributed by atoms with van der Waals surface area (Å²) in [4.78, 5) is 41.6. The molecule has 0 fully saturated rings. The average molecular weight is 453 g/mol. The zero-order valence-corrected chi connectivity index (χ0v) is 19.0. The first-order valence-electron chi connectivity index (χ1n) is 10.8. The highest BCUT2D eigenvalue weighted by molar-refractivity contribution is 5.97. The van der Waals surface area contributed by atoms with Crippen molar-refractivity contribution >= 4 is 28.4 Å². The first kappa shape index (κ1) is 23.8. The summed E-state index contributed by atoms with van der Waals surface area (Å²) in [6.45, 7) is 2.91. The first-order chi connectivity index (χ1) is 16.0. The molecule has 0 spiro atoms. The van der Waals surface area contributed by atoms with Crippen molar-refractivity contribution in [1.82, 2.24) is 14.9 Å². The Morgan fingerprint density at radius 3 is 2.58 bits per heavy atom. The number of hydrogen-bond donors (Lipinski definition) is 2. The Kier molecular flexibility index (Phi) is 8.01. The molecular weight excluding hydrogens is 424 g/mol. The van der Waals surface area contributed by atoms with Crippen LogP contribution in [-0.4, -0.2) is 42.1 Å². The molecule has 2 aromatic carbocycles. The number of rotatable bonds is 10. The van der Waals surface area contributed by atoms with Gasteiger partial charge >= 0.3 is 0 Å². The van der Waals surface area contributed by atoms with Crippen LogP contribution in [0, 0.1) is 0 Å². The van der Waals surface area contributed by atoms with E-state index in [0.29, 0.717) is 53.2 Å². The lowest BCUT2D eigenvalue weighted by Crippen LogP contribution is -2.24. The second-order valence-electron chi connectivity index (χ2n) is 7.46. The summed E-state index contributed by atoms with van der Waals surface area (Å²) in [6.07, 6.45) is 2.97. The fourth-order valence-corrected chi connectivity index (χ4v) is 3.36. The number of anilines is 1. The monoisotopic (exact) mass is 452 g/mol. The minimum atomic E-state index is -0.216. The van der Waals surface area contributed by atoms with E-state index in [2.05, 4.69) is 15.6 Å². The first-order valence-corrected chi connectivity index (χ1v) is 10.8. The maximum Gasteiger partial charge on any atom is 0.261 e. The Bertz CT molecular complexity index is 1210. The SMILES string of the molecule is CCCNC(=O)c1cccc(NC(=O)CCCn2cnc3cc(OC)c(OC)cc3c2=O)c1. The molecule has 0 unspecified atom stereocenters. The van der Waals surface area contributed by atoms with Gasteiger partial charge in [0.2, 0.25) is 5.91 Å². The summed E-state index contributed by atoms with van der Waals surface area (Å²) in [5, 5.41) is 6.02. The molecule has 174 valence electrons. The molecule has 0 saturated heterocycles. The molecule has 9 nitrogen and oxygen atoms in total. The van der Waals surface area contributed by atoms with Crippen molar-refractivity contribution in [3.05, 3.63) is 58.6 Å². The third-order valence-electron chi connectivity index (χ3n) is 5.08. The Balaban J connectivity index is 1.61. The number of fused-ring (bicyclic) bond motifs is 1. The highest BCUT2D eigenvalue weighted by atomic mass is 16.5. The third-order valence-corrected chi connectivity index (χ3v) is 5.08. The van der Waals surface area contributed by atoms with Gasteiger partial charge < -0.3 is 20.1 Å². The molecule has 0 aliphatic rings. The van der Waals surface area contributed by atoms with Crippen molar-refractivity contribution in [2.75, 3.05) is 26.1 Å². The van der Waals surface area contributed by atoms with Crippen LogP contribution in [0.5, 0.6) is 11.5 Å². The summed E-state index contributed by atoms with van der Waals surface area (Å²) in [5.74, 6) is 0.574. The number of nitrogens with zero attached hydrogens (tertiary/aromatic N) is 2. The molecule has 2 amide bonds. The zero-order chi connectivity index (χ0) is 23.8. The Hall–Kier alpha value is -3.88. The number of hydrogen-bond acceptors (Lipinski definition) is 6. The van der Waals surface area contributed by atoms with E-state index >= 15 is 0 Å². The smallest absolute Gasteiger partial charge is 0.261 e. The number of aromatic nitrogens is 2. The molecular formula is C24H28N4O5. The molecule has 33 heavy (non-hydrogen) atoms. The summed E-state index contributed by atoms with van der Waals surface area (Å²) < 4.78 is 12.0. The van der Waals surface area contributed by atoms with Gasteiger partial charge in [0, 0.05) is 36.8 Å². The van der Waals surface area contributed by atoms with Crippen molar-refractivity contribution in [2.45, 2.75) is 32.7 Å². The van der Waals surface area contributed by atoms with Crippen LogP contribution in [0.2, 0.25) is 0 Å². The van der Waals surface area contributed by atoms with Gasteiger partial charge in [-0.3, -0.25) is 19.0 Å². The normalized spacial score (nSPS) is 10.6. The average Bonchev–Trinajstić information content (AvgIpc) is 2.83. The van der Waals surface area contributed by atoms with Crippen LogP contribution in [0.4, 0.5) is 5.69 Å². The van der Waals surface area contributed by atoms with Crippen molar-refractivity contribution in [1.29, 1.82) is 0 Å². The third kappa shape index (κ3) is 5.88. The molecule has 0 radical (unpaired) electrons. The summed E-state index contributed by atoms with van der Waals surface area (Å²) in [6, 6.07) is 10.1. The van der Waals surface area contributed by atoms with Crippen LogP contribution >= 0.6 is 0 Å². The number of nitrogens with one attached hydrogen (secondary N) is 2. The van der Waals surface area contributed by atoms with E-state index in [1.807, 2.05) is 6.92 Å². The Morgan fingerprint density at radius 2 is 1.85 bits per heavy atom. The van der Waals surface area contributed by atoms with E-state index in [1.54, 1.807) is 36.4 Å². The van der Waals surface area contributed by atoms with Gasteiger partial charge in [0.25, 0.3) is 11.5 Å². The summed E-state index contributed by atoms with van der Waals surface area (Å²) in [7, 11) is 3.03. The van der Waals surface area contributed by atoms with Crippen LogP contribution < -0.4 is 25.7 Å². The highest BCUT2D eigenvalue weighted by Gasteiger charge is 2.12. The Labute approximate surface area is 191 Å². The minimum absolute atomic E-state index is 0.176. The minimum Gasteiger partial charge on any atom is -0.493 e. The molecule has 9 heteroatoms. The molecule has 3 aromatic rings. The second kappa shape index (κ2) is 11.1. The van der Waals surface area contributed by atoms with Gasteiger partial charge in [0.05, 0.1) is 31.4 Å². The van der Waals surface area contributed by atoms with Crippen molar-refractivity contribution < 1.29 is 19.1 Å². The summed E-state index contributed by atoms with van der Waals surface area (Å²) in [5.41, 5.74) is 1.33. The van der Waals surface area contributed by atoms with Crippen LogP contribution in [0.3, 0.4) is 0 Å². The van der Waals surface area contributed by atoms with E-state index in [9.17, 15) is 14.4 Å². The molecule has 1 heterocycles. The molecule has 2 N–H and O–H groups in total. The molecule has 3 rings (SSSR count). The van der Waals surface area contributed by atoms with E-state index < -0.39 is 0 Å². The van der Waals surface area contributed by atoms with Gasteiger partial charge in [-0.15, -0.1) is 0 Å². The van der Waals surface area contributed by atoms with Gasteiger partial charge in [0.1, 0.15) is 0 Å². The molecule has 1 aromatic heterocycles. The van der Waals surface area contributed by atoms with Gasteiger partial charge in [-0.1, -0.05) is 13.0 Å². The maximum absolute atomic E-state index is 12.8. The predicted octanol–water partition coefficient (Wildman–Crippen LogP) is 2.97. The van der Waals surface area contributed by atoms with Crippen LogP contribution in [-0.2, 0) is 11.3 Å². The number of aryl methyl sites for hydroxylation is 1. The van der Waals surface area contributed by atoms with Crippen LogP contribution in [0.25, 0.3) is 10.9 Å². The van der Waals surface area contributed by atoms with E-state index in [0.717, 1.165) is 6.42 Å². The quantitative estimate of drug-likeness (QED) is 0.489. The zero-order valence-electron chi connectivity index (χ0n) is 19.0. The summed E-state index contributed by atoms with van der Waals surface area (Å²) >= 11 is 0. The second-order valence-corrected chi connectivity index (χ2v) is 7.46. The number of benzene rings is 2. The number of carbonyl (C=O) groups is 2. The number of methoxy groups -OCH3 is 2. The molecule has 0 atom stereocenters. The van der Waals surface area contributed by atoms with Gasteiger partial charge in [-0.2, -0.15) is 0 Å². The fraction of sp³-hybridized carbons (Fsp3) is 0.333. The number of ether oxygens (including phenoxy) is 2. The van der Waals surface area contributed by atoms with E-state index in [-0.39, 0.29) is 23.8 Å². The topological polar surface area (TPSA) is 112 Å². The van der Waals surface area contributed by atoms with Crippen molar-refractivity contribution in [2.24, 2.45) is 0 Å². The predicted molar refractivity (Wildman–Crippen MR) is 126 cm³/mol. The lowest BCUT2D eigenvalue weighted by molar-refractivity contribution is -0.116. The number of amides is 2. The van der Waals surface area contributed by atoms with Gasteiger partial charge in [-0.05, 0) is 37.1 Å². The fourth-order valence-electron chi connectivity index (χ4n) is 3.36. The van der Waals surface area contributed by atoms with Crippen LogP contribution in [0.15, 0.2) is 47.5 Å². The molecule has 0 bridgehead atoms.